The van der Waals surface area contributed by atoms with Crippen LogP contribution in [0.5, 0.6) is 11.5 Å². The number of anilines is 1. The predicted molar refractivity (Wildman–Crippen MR) is 76.5 cm³/mol. The molecule has 0 unspecified atom stereocenters. The number of halogens is 2. The summed E-state index contributed by atoms with van der Waals surface area (Å²) in [5.74, 6) is 0.758. The Morgan fingerprint density at radius 3 is 2.40 bits per heavy atom. The first kappa shape index (κ1) is 14.6. The third-order valence-corrected chi connectivity index (χ3v) is 3.41. The van der Waals surface area contributed by atoms with Crippen LogP contribution < -0.4 is 9.46 Å². The maximum atomic E-state index is 12.4. The molecule has 0 aliphatic rings. The zero-order chi connectivity index (χ0) is 14.6. The molecule has 0 saturated heterocycles. The molecule has 2 aromatic rings. The summed E-state index contributed by atoms with van der Waals surface area (Å²) in [7, 11) is -4.01. The van der Waals surface area contributed by atoms with Crippen LogP contribution in [0, 0.1) is 0 Å². The molecular formula is C13H11ClFNO3S. The number of para-hydroxylation sites is 2. The van der Waals surface area contributed by atoms with Crippen LogP contribution in [-0.2, 0) is 10.0 Å². The van der Waals surface area contributed by atoms with Crippen LogP contribution in [0.4, 0.5) is 10.1 Å². The molecule has 0 saturated carbocycles. The summed E-state index contributed by atoms with van der Waals surface area (Å²) in [6.45, 7) is 0. The topological polar surface area (TPSA) is 55.4 Å². The van der Waals surface area contributed by atoms with Gasteiger partial charge < -0.3 is 4.74 Å². The SMILES string of the molecule is O=S(=O)(CF)Nc1ccccc1Oc1ccc(Cl)cc1. The largest absolute Gasteiger partial charge is 0.455 e. The summed E-state index contributed by atoms with van der Waals surface area (Å²) in [5.41, 5.74) is 0.167. The normalized spacial score (nSPS) is 11.1. The fourth-order valence-corrected chi connectivity index (χ4v) is 2.15. The van der Waals surface area contributed by atoms with E-state index in [1.54, 1.807) is 42.5 Å². The fraction of sp³-hybridized carbons (Fsp3) is 0.0769. The highest BCUT2D eigenvalue weighted by atomic mass is 35.5. The molecule has 0 amide bonds. The summed E-state index contributed by atoms with van der Waals surface area (Å²) in [6, 6.07) is 11.4. The van der Waals surface area contributed by atoms with Crippen molar-refractivity contribution in [1.82, 2.24) is 0 Å². The lowest BCUT2D eigenvalue weighted by atomic mass is 10.3. The Morgan fingerprint density at radius 1 is 1.10 bits per heavy atom. The average Bonchev–Trinajstić information content (AvgIpc) is 2.43. The maximum Gasteiger partial charge on any atom is 0.262 e. The number of nitrogens with one attached hydrogen (secondary N) is 1. The van der Waals surface area contributed by atoms with Gasteiger partial charge in [0.25, 0.3) is 10.0 Å². The number of rotatable bonds is 5. The molecule has 0 aliphatic carbocycles. The van der Waals surface area contributed by atoms with Crippen LogP contribution in [0.25, 0.3) is 0 Å². The van der Waals surface area contributed by atoms with E-state index >= 15 is 0 Å². The Bertz CT molecular complexity index is 689. The van der Waals surface area contributed by atoms with Gasteiger partial charge in [-0.15, -0.1) is 0 Å². The smallest absolute Gasteiger partial charge is 0.262 e. The molecule has 7 heteroatoms. The van der Waals surface area contributed by atoms with Crippen molar-refractivity contribution in [2.75, 3.05) is 10.7 Å². The van der Waals surface area contributed by atoms with Crippen molar-refractivity contribution in [2.45, 2.75) is 0 Å². The van der Waals surface area contributed by atoms with Crippen LogP contribution >= 0.6 is 11.6 Å². The van der Waals surface area contributed by atoms with Crippen LogP contribution in [0.15, 0.2) is 48.5 Å². The summed E-state index contributed by atoms with van der Waals surface area (Å²) in [4.78, 5) is 0. The molecular weight excluding hydrogens is 305 g/mol. The zero-order valence-corrected chi connectivity index (χ0v) is 11.8. The van der Waals surface area contributed by atoms with E-state index in [1.165, 1.54) is 6.07 Å². The van der Waals surface area contributed by atoms with E-state index in [0.717, 1.165) is 0 Å². The minimum Gasteiger partial charge on any atom is -0.455 e. The van der Waals surface area contributed by atoms with Crippen LogP contribution in [-0.4, -0.2) is 14.4 Å². The number of alkyl halides is 1. The van der Waals surface area contributed by atoms with Gasteiger partial charge >= 0.3 is 0 Å². The molecule has 2 rings (SSSR count). The first-order valence-electron chi connectivity index (χ1n) is 5.59. The molecule has 2 aromatic carbocycles. The highest BCUT2D eigenvalue weighted by Gasteiger charge is 2.13. The number of sulfonamides is 1. The van der Waals surface area contributed by atoms with Crippen molar-refractivity contribution in [3.63, 3.8) is 0 Å². The second-order valence-electron chi connectivity index (χ2n) is 3.88. The Morgan fingerprint density at radius 2 is 1.75 bits per heavy atom. The van der Waals surface area contributed by atoms with E-state index in [1.807, 2.05) is 0 Å². The van der Waals surface area contributed by atoms with Gasteiger partial charge in [0, 0.05) is 5.02 Å². The van der Waals surface area contributed by atoms with Crippen molar-refractivity contribution < 1.29 is 17.5 Å². The van der Waals surface area contributed by atoms with Gasteiger partial charge in [-0.3, -0.25) is 4.72 Å². The molecule has 0 atom stereocenters. The summed E-state index contributed by atoms with van der Waals surface area (Å²) < 4.78 is 42.5. The van der Waals surface area contributed by atoms with Crippen molar-refractivity contribution in [3.05, 3.63) is 53.6 Å². The maximum absolute atomic E-state index is 12.4. The van der Waals surface area contributed by atoms with Gasteiger partial charge in [0.15, 0.2) is 5.75 Å². The molecule has 0 bridgehead atoms. The van der Waals surface area contributed by atoms with Crippen molar-refractivity contribution >= 4 is 27.3 Å². The second kappa shape index (κ2) is 6.11. The van der Waals surface area contributed by atoms with Gasteiger partial charge in [0.05, 0.1) is 5.69 Å². The van der Waals surface area contributed by atoms with E-state index in [-0.39, 0.29) is 11.4 Å². The quantitative estimate of drug-likeness (QED) is 0.913. The Balaban J connectivity index is 2.26. The molecule has 0 heterocycles. The average molecular weight is 316 g/mol. The van der Waals surface area contributed by atoms with Crippen LogP contribution in [0.3, 0.4) is 0 Å². The minimum atomic E-state index is -4.01. The molecule has 106 valence electrons. The summed E-state index contributed by atoms with van der Waals surface area (Å²) in [6.07, 6.45) is 0. The highest BCUT2D eigenvalue weighted by Crippen LogP contribution is 2.30. The number of benzene rings is 2. The summed E-state index contributed by atoms with van der Waals surface area (Å²) in [5, 5.41) is 0.559. The monoisotopic (exact) mass is 315 g/mol. The Labute approximate surface area is 121 Å². The second-order valence-corrected chi connectivity index (χ2v) is 5.97. The van der Waals surface area contributed by atoms with Gasteiger partial charge in [-0.05, 0) is 36.4 Å². The standard InChI is InChI=1S/C13H11ClFNO3S/c14-10-5-7-11(8-6-10)19-13-4-2-1-3-12(13)16-20(17,18)9-15/h1-8,16H,9H2. The number of ether oxygens (including phenoxy) is 1. The third kappa shape index (κ3) is 3.85. The van der Waals surface area contributed by atoms with Crippen LogP contribution in [0.1, 0.15) is 0 Å². The number of hydrogen-bond acceptors (Lipinski definition) is 3. The minimum absolute atomic E-state index is 0.167. The molecule has 4 nitrogen and oxygen atoms in total. The molecule has 1 N–H and O–H groups in total. The molecule has 0 fully saturated rings. The first-order valence-corrected chi connectivity index (χ1v) is 7.62. The first-order chi connectivity index (χ1) is 9.50. The molecule has 0 radical (unpaired) electrons. The Hall–Kier alpha value is -1.79. The zero-order valence-electron chi connectivity index (χ0n) is 10.2. The van der Waals surface area contributed by atoms with E-state index in [4.69, 9.17) is 16.3 Å². The van der Waals surface area contributed by atoms with Gasteiger partial charge in [-0.25, -0.2) is 12.8 Å². The fourth-order valence-electron chi connectivity index (χ4n) is 1.46. The van der Waals surface area contributed by atoms with Gasteiger partial charge in [0.2, 0.25) is 6.01 Å². The van der Waals surface area contributed by atoms with E-state index in [0.29, 0.717) is 10.8 Å². The number of hydrogen-bond donors (Lipinski definition) is 1. The lowest BCUT2D eigenvalue weighted by Gasteiger charge is -2.12. The van der Waals surface area contributed by atoms with E-state index in [2.05, 4.69) is 4.72 Å². The lowest BCUT2D eigenvalue weighted by Crippen LogP contribution is -2.14. The molecule has 0 aliphatic heterocycles. The van der Waals surface area contributed by atoms with Crippen molar-refractivity contribution in [3.8, 4) is 11.5 Å². The summed E-state index contributed by atoms with van der Waals surface area (Å²) >= 11 is 5.76. The van der Waals surface area contributed by atoms with Gasteiger partial charge in [-0.2, -0.15) is 0 Å². The predicted octanol–water partition coefficient (Wildman–Crippen LogP) is 3.80. The molecule has 0 aromatic heterocycles. The Kier molecular flexibility index (Phi) is 4.46. The van der Waals surface area contributed by atoms with Gasteiger partial charge in [-0.1, -0.05) is 23.7 Å². The van der Waals surface area contributed by atoms with Gasteiger partial charge in [0.1, 0.15) is 5.75 Å². The van der Waals surface area contributed by atoms with Crippen molar-refractivity contribution in [2.24, 2.45) is 0 Å². The van der Waals surface area contributed by atoms with E-state index < -0.39 is 16.0 Å². The third-order valence-electron chi connectivity index (χ3n) is 2.34. The molecule has 0 spiro atoms. The lowest BCUT2D eigenvalue weighted by molar-refractivity contribution is 0.484. The molecule has 20 heavy (non-hydrogen) atoms. The van der Waals surface area contributed by atoms with Crippen molar-refractivity contribution in [1.29, 1.82) is 0 Å². The van der Waals surface area contributed by atoms with E-state index in [9.17, 15) is 12.8 Å². The van der Waals surface area contributed by atoms with Crippen LogP contribution in [0.2, 0.25) is 5.02 Å². The highest BCUT2D eigenvalue weighted by molar-refractivity contribution is 7.92.